The van der Waals surface area contributed by atoms with E-state index in [9.17, 15) is 13.2 Å². The van der Waals surface area contributed by atoms with Crippen LogP contribution in [0.5, 0.6) is 0 Å². The molecular formula is C13H12O4S. The lowest BCUT2D eigenvalue weighted by molar-refractivity contribution is 0.102. The van der Waals surface area contributed by atoms with Gasteiger partial charge in [0, 0.05) is 0 Å². The maximum Gasteiger partial charge on any atom is 0.185 e. The third kappa shape index (κ3) is 2.68. The molecule has 0 atom stereocenters. The summed E-state index contributed by atoms with van der Waals surface area (Å²) in [6.07, 6.45) is 2.58. The summed E-state index contributed by atoms with van der Waals surface area (Å²) >= 11 is 0. The van der Waals surface area contributed by atoms with Gasteiger partial charge in [-0.3, -0.25) is 4.79 Å². The lowest BCUT2D eigenvalue weighted by atomic mass is 10.2. The number of furan rings is 1. The summed E-state index contributed by atoms with van der Waals surface area (Å²) < 4.78 is 28.8. The van der Waals surface area contributed by atoms with Gasteiger partial charge in [-0.25, -0.2) is 8.42 Å². The number of carbonyl (C=O) groups excluding carboxylic acids is 1. The molecule has 2 rings (SSSR count). The maximum atomic E-state index is 12.0. The van der Waals surface area contributed by atoms with E-state index in [0.717, 1.165) is 5.56 Å². The average molecular weight is 264 g/mol. The number of hydrogen-bond acceptors (Lipinski definition) is 4. The summed E-state index contributed by atoms with van der Waals surface area (Å²) in [5, 5.41) is 0. The molecule has 4 nitrogen and oxygen atoms in total. The van der Waals surface area contributed by atoms with Crippen molar-refractivity contribution in [1.82, 2.24) is 0 Å². The molecule has 2 aromatic rings. The van der Waals surface area contributed by atoms with Crippen LogP contribution in [0.2, 0.25) is 0 Å². The summed E-state index contributed by atoms with van der Waals surface area (Å²) in [5.74, 6) is -1.01. The van der Waals surface area contributed by atoms with Crippen LogP contribution in [-0.2, 0) is 9.84 Å². The van der Waals surface area contributed by atoms with Crippen molar-refractivity contribution in [1.29, 1.82) is 0 Å². The van der Waals surface area contributed by atoms with Gasteiger partial charge in [0.1, 0.15) is 12.0 Å². The Bertz CT molecular complexity index is 637. The van der Waals surface area contributed by atoms with Gasteiger partial charge in [-0.15, -0.1) is 0 Å². The molecule has 0 fully saturated rings. The SMILES string of the molecule is Cc1ccc(S(=O)(=O)CC(=O)c2ccoc2)cc1. The van der Waals surface area contributed by atoms with Crippen molar-refractivity contribution in [2.75, 3.05) is 5.75 Å². The van der Waals surface area contributed by atoms with Gasteiger partial charge < -0.3 is 4.42 Å². The molecule has 0 N–H and O–H groups in total. The van der Waals surface area contributed by atoms with Gasteiger partial charge in [0.05, 0.1) is 16.7 Å². The van der Waals surface area contributed by atoms with Crippen molar-refractivity contribution in [3.05, 3.63) is 54.0 Å². The molecule has 94 valence electrons. The van der Waals surface area contributed by atoms with E-state index in [1.807, 2.05) is 6.92 Å². The monoisotopic (exact) mass is 264 g/mol. The Morgan fingerprint density at radius 3 is 2.39 bits per heavy atom. The van der Waals surface area contributed by atoms with Gasteiger partial charge in [0.25, 0.3) is 0 Å². The van der Waals surface area contributed by atoms with Crippen LogP contribution >= 0.6 is 0 Å². The number of benzene rings is 1. The molecule has 0 aliphatic heterocycles. The van der Waals surface area contributed by atoms with Crippen molar-refractivity contribution >= 4 is 15.6 Å². The number of carbonyl (C=O) groups is 1. The van der Waals surface area contributed by atoms with E-state index in [-0.39, 0.29) is 10.5 Å². The number of ketones is 1. The smallest absolute Gasteiger partial charge is 0.185 e. The van der Waals surface area contributed by atoms with Gasteiger partial charge in [0.2, 0.25) is 0 Å². The Morgan fingerprint density at radius 2 is 1.83 bits per heavy atom. The molecule has 0 saturated heterocycles. The molecular weight excluding hydrogens is 252 g/mol. The van der Waals surface area contributed by atoms with E-state index in [1.54, 1.807) is 12.1 Å². The van der Waals surface area contributed by atoms with Gasteiger partial charge in [-0.05, 0) is 25.1 Å². The van der Waals surface area contributed by atoms with Crippen molar-refractivity contribution in [3.8, 4) is 0 Å². The fourth-order valence-corrected chi connectivity index (χ4v) is 2.74. The molecule has 0 saturated carbocycles. The molecule has 5 heteroatoms. The molecule has 0 spiro atoms. The van der Waals surface area contributed by atoms with E-state index in [1.165, 1.54) is 30.7 Å². The molecule has 18 heavy (non-hydrogen) atoms. The van der Waals surface area contributed by atoms with Crippen LogP contribution < -0.4 is 0 Å². The van der Waals surface area contributed by atoms with Crippen molar-refractivity contribution in [2.45, 2.75) is 11.8 Å². The lowest BCUT2D eigenvalue weighted by Crippen LogP contribution is -2.15. The first-order chi connectivity index (χ1) is 8.49. The minimum Gasteiger partial charge on any atom is -0.472 e. The number of aryl methyl sites for hydroxylation is 1. The molecule has 0 bridgehead atoms. The summed E-state index contributed by atoms with van der Waals surface area (Å²) in [4.78, 5) is 11.9. The van der Waals surface area contributed by atoms with Crippen molar-refractivity contribution in [3.63, 3.8) is 0 Å². The number of sulfone groups is 1. The van der Waals surface area contributed by atoms with Crippen LogP contribution in [0.4, 0.5) is 0 Å². The molecule has 0 aliphatic rings. The summed E-state index contributed by atoms with van der Waals surface area (Å²) in [6.45, 7) is 1.87. The third-order valence-electron chi connectivity index (χ3n) is 2.54. The van der Waals surface area contributed by atoms with Crippen LogP contribution in [0.15, 0.2) is 52.2 Å². The Hall–Kier alpha value is -1.88. The zero-order valence-corrected chi connectivity index (χ0v) is 10.6. The fourth-order valence-electron chi connectivity index (χ4n) is 1.51. The number of rotatable bonds is 4. The highest BCUT2D eigenvalue weighted by Crippen LogP contribution is 2.14. The van der Waals surface area contributed by atoms with E-state index in [4.69, 9.17) is 4.42 Å². The first-order valence-electron chi connectivity index (χ1n) is 5.34. The topological polar surface area (TPSA) is 64.3 Å². The quantitative estimate of drug-likeness (QED) is 0.794. The molecule has 0 aliphatic carbocycles. The highest BCUT2D eigenvalue weighted by molar-refractivity contribution is 7.92. The first kappa shape index (κ1) is 12.6. The van der Waals surface area contributed by atoms with Crippen LogP contribution in [0.25, 0.3) is 0 Å². The third-order valence-corrected chi connectivity index (χ3v) is 4.18. The number of hydrogen-bond donors (Lipinski definition) is 0. The summed E-state index contributed by atoms with van der Waals surface area (Å²) in [7, 11) is -3.59. The summed E-state index contributed by atoms with van der Waals surface area (Å²) in [5.41, 5.74) is 1.24. The van der Waals surface area contributed by atoms with E-state index < -0.39 is 21.4 Å². The Morgan fingerprint density at radius 1 is 1.17 bits per heavy atom. The first-order valence-corrected chi connectivity index (χ1v) is 6.99. The fraction of sp³-hybridized carbons (Fsp3) is 0.154. The zero-order valence-electron chi connectivity index (χ0n) is 9.79. The average Bonchev–Trinajstić information content (AvgIpc) is 2.82. The maximum absolute atomic E-state index is 12.0. The standard InChI is InChI=1S/C13H12O4S/c1-10-2-4-12(5-3-10)18(15,16)9-13(14)11-6-7-17-8-11/h2-8H,9H2,1H3. The second-order valence-electron chi connectivity index (χ2n) is 4.01. The Balaban J connectivity index is 2.22. The van der Waals surface area contributed by atoms with E-state index in [0.29, 0.717) is 0 Å². The second kappa shape index (κ2) is 4.78. The van der Waals surface area contributed by atoms with Crippen LogP contribution in [0, 0.1) is 6.92 Å². The van der Waals surface area contributed by atoms with Crippen molar-refractivity contribution < 1.29 is 17.6 Å². The van der Waals surface area contributed by atoms with Crippen LogP contribution in [0.1, 0.15) is 15.9 Å². The second-order valence-corrected chi connectivity index (χ2v) is 6.00. The Labute approximate surface area is 105 Å². The van der Waals surface area contributed by atoms with E-state index in [2.05, 4.69) is 0 Å². The van der Waals surface area contributed by atoms with Crippen LogP contribution in [-0.4, -0.2) is 20.0 Å². The minimum absolute atomic E-state index is 0.157. The molecule has 1 aromatic heterocycles. The predicted molar refractivity (Wildman–Crippen MR) is 66.3 cm³/mol. The lowest BCUT2D eigenvalue weighted by Gasteiger charge is -2.03. The van der Waals surface area contributed by atoms with Gasteiger partial charge in [0.15, 0.2) is 15.6 Å². The molecule has 0 unspecified atom stereocenters. The zero-order chi connectivity index (χ0) is 13.2. The number of Topliss-reactive ketones (excluding diaryl/α,β-unsaturated/α-hetero) is 1. The largest absolute Gasteiger partial charge is 0.472 e. The van der Waals surface area contributed by atoms with Crippen LogP contribution in [0.3, 0.4) is 0 Å². The highest BCUT2D eigenvalue weighted by atomic mass is 32.2. The van der Waals surface area contributed by atoms with E-state index >= 15 is 0 Å². The predicted octanol–water partition coefficient (Wildman–Crippen LogP) is 2.24. The normalized spacial score (nSPS) is 11.4. The highest BCUT2D eigenvalue weighted by Gasteiger charge is 2.20. The molecule has 0 amide bonds. The molecule has 1 aromatic carbocycles. The van der Waals surface area contributed by atoms with Gasteiger partial charge in [-0.2, -0.15) is 0 Å². The Kier molecular flexibility index (Phi) is 3.34. The molecule has 1 heterocycles. The minimum atomic E-state index is -3.59. The van der Waals surface area contributed by atoms with Gasteiger partial charge >= 0.3 is 0 Å². The summed E-state index contributed by atoms with van der Waals surface area (Å²) in [6, 6.07) is 7.87. The van der Waals surface area contributed by atoms with Gasteiger partial charge in [-0.1, -0.05) is 17.7 Å². The van der Waals surface area contributed by atoms with Crippen molar-refractivity contribution in [2.24, 2.45) is 0 Å². The molecule has 0 radical (unpaired) electrons.